The van der Waals surface area contributed by atoms with Gasteiger partial charge in [-0.3, -0.25) is 4.79 Å². The molecule has 1 saturated carbocycles. The molecule has 1 unspecified atom stereocenters. The number of carbonyl (C=O) groups is 2. The van der Waals surface area contributed by atoms with Crippen LogP contribution < -0.4 is 14.1 Å². The summed E-state index contributed by atoms with van der Waals surface area (Å²) in [7, 11) is -3.33. The first-order chi connectivity index (χ1) is 19.4. The standard InChI is InChI=1S/C32H52N2O6Si2/c1-19(2)42(20(3)4,21(5)6)39-28-17-25-24(16-27(28)38-10)29(35)33-18-23(22-13-14-22)15-26(33)30(34(25)31(36)37)40-41(11,12)32(7,8)9/h16-22,26,30H,13-15H2,1-12H3,(H,36,37)/t26?,30-/m0/s1. The molecule has 1 aromatic carbocycles. The van der Waals surface area contributed by atoms with Gasteiger partial charge in [0, 0.05) is 12.3 Å². The highest BCUT2D eigenvalue weighted by Crippen LogP contribution is 2.50. The molecule has 0 bridgehead atoms. The van der Waals surface area contributed by atoms with E-state index in [0.717, 1.165) is 12.8 Å². The van der Waals surface area contributed by atoms with Crippen molar-refractivity contribution in [1.29, 1.82) is 0 Å². The summed E-state index contributed by atoms with van der Waals surface area (Å²) in [6.45, 7) is 23.9. The average molecular weight is 617 g/mol. The first kappa shape index (κ1) is 32.6. The highest BCUT2D eigenvalue weighted by Gasteiger charge is 2.52. The third kappa shape index (κ3) is 5.54. The van der Waals surface area contributed by atoms with E-state index in [2.05, 4.69) is 75.4 Å². The van der Waals surface area contributed by atoms with E-state index in [4.69, 9.17) is 13.6 Å². The summed E-state index contributed by atoms with van der Waals surface area (Å²) in [6, 6.07) is 2.96. The van der Waals surface area contributed by atoms with E-state index in [1.54, 1.807) is 24.1 Å². The number of ether oxygens (including phenoxy) is 1. The van der Waals surface area contributed by atoms with Crippen molar-refractivity contribution in [1.82, 2.24) is 4.90 Å². The molecule has 234 valence electrons. The van der Waals surface area contributed by atoms with Gasteiger partial charge in [0.2, 0.25) is 0 Å². The highest BCUT2D eigenvalue weighted by molar-refractivity contribution is 6.78. The fourth-order valence-corrected chi connectivity index (χ4v) is 13.3. The number of methoxy groups -OCH3 is 1. The summed E-state index contributed by atoms with van der Waals surface area (Å²) >= 11 is 0. The van der Waals surface area contributed by atoms with Crippen LogP contribution in [-0.4, -0.2) is 58.0 Å². The molecule has 0 aromatic heterocycles. The summed E-state index contributed by atoms with van der Waals surface area (Å²) in [4.78, 5) is 30.6. The Morgan fingerprint density at radius 3 is 2.02 bits per heavy atom. The topological polar surface area (TPSA) is 88.5 Å². The number of carbonyl (C=O) groups excluding carboxylic acids is 1. The Morgan fingerprint density at radius 1 is 1.00 bits per heavy atom. The fraction of sp³-hybridized carbons (Fsp3) is 0.688. The maximum atomic E-state index is 14.3. The molecule has 2 atom stereocenters. The molecule has 1 aliphatic carbocycles. The minimum Gasteiger partial charge on any atom is -0.540 e. The lowest BCUT2D eigenvalue weighted by molar-refractivity contribution is 0.0602. The zero-order valence-electron chi connectivity index (χ0n) is 27.7. The van der Waals surface area contributed by atoms with Gasteiger partial charge in [-0.15, -0.1) is 0 Å². The lowest BCUT2D eigenvalue weighted by atomic mass is 10.1. The largest absolute Gasteiger partial charge is 0.540 e. The normalized spacial score (nSPS) is 21.5. The van der Waals surface area contributed by atoms with Crippen molar-refractivity contribution in [2.24, 2.45) is 5.92 Å². The number of rotatable bonds is 9. The van der Waals surface area contributed by atoms with Gasteiger partial charge in [-0.2, -0.15) is 0 Å². The molecule has 3 aliphatic rings. The Bertz CT molecular complexity index is 1230. The summed E-state index contributed by atoms with van der Waals surface area (Å²) in [5.74, 6) is 1.16. The van der Waals surface area contributed by atoms with Gasteiger partial charge in [0.1, 0.15) is 5.75 Å². The second-order valence-corrected chi connectivity index (χ2v) is 25.0. The van der Waals surface area contributed by atoms with Crippen molar-refractivity contribution < 1.29 is 28.3 Å². The lowest BCUT2D eigenvalue weighted by Gasteiger charge is -2.44. The van der Waals surface area contributed by atoms with Crippen molar-refractivity contribution >= 4 is 34.3 Å². The Balaban J connectivity index is 1.95. The molecule has 1 fully saturated rings. The van der Waals surface area contributed by atoms with Gasteiger partial charge in [0.05, 0.1) is 24.4 Å². The molecule has 1 aromatic rings. The minimum absolute atomic E-state index is 0.155. The molecule has 10 heteroatoms. The van der Waals surface area contributed by atoms with E-state index >= 15 is 0 Å². The number of hydrogen-bond donors (Lipinski definition) is 1. The van der Waals surface area contributed by atoms with E-state index < -0.39 is 35.0 Å². The van der Waals surface area contributed by atoms with E-state index in [1.807, 2.05) is 6.20 Å². The van der Waals surface area contributed by atoms with Gasteiger partial charge in [-0.1, -0.05) is 62.3 Å². The number of benzene rings is 1. The van der Waals surface area contributed by atoms with Crippen LogP contribution in [0.15, 0.2) is 23.9 Å². The monoisotopic (exact) mass is 616 g/mol. The molecular weight excluding hydrogens is 565 g/mol. The zero-order chi connectivity index (χ0) is 31.5. The number of hydrogen-bond acceptors (Lipinski definition) is 5. The molecule has 0 radical (unpaired) electrons. The Hall–Kier alpha value is -2.31. The number of nitrogens with zero attached hydrogens (tertiary/aromatic N) is 2. The summed E-state index contributed by atoms with van der Waals surface area (Å²) in [5.41, 5.74) is 2.67. The van der Waals surface area contributed by atoms with E-state index in [-0.39, 0.29) is 16.5 Å². The fourth-order valence-electron chi connectivity index (χ4n) is 6.81. The van der Waals surface area contributed by atoms with E-state index in [0.29, 0.717) is 46.1 Å². The van der Waals surface area contributed by atoms with Crippen LogP contribution in [0.3, 0.4) is 0 Å². The second-order valence-electron chi connectivity index (χ2n) is 14.8. The molecule has 4 rings (SSSR count). The van der Waals surface area contributed by atoms with Gasteiger partial charge < -0.3 is 23.6 Å². The maximum absolute atomic E-state index is 14.3. The lowest BCUT2D eigenvalue weighted by Crippen LogP contribution is -2.57. The second kappa shape index (κ2) is 11.3. The van der Waals surface area contributed by atoms with Crippen LogP contribution in [0.4, 0.5) is 10.5 Å². The molecule has 42 heavy (non-hydrogen) atoms. The van der Waals surface area contributed by atoms with Crippen LogP contribution in [0.5, 0.6) is 11.5 Å². The first-order valence-electron chi connectivity index (χ1n) is 15.5. The maximum Gasteiger partial charge on any atom is 0.414 e. The Kier molecular flexibility index (Phi) is 8.79. The van der Waals surface area contributed by atoms with Crippen molar-refractivity contribution in [2.75, 3.05) is 12.0 Å². The molecule has 8 nitrogen and oxygen atoms in total. The van der Waals surface area contributed by atoms with Gasteiger partial charge >= 0.3 is 6.09 Å². The third-order valence-electron chi connectivity index (χ3n) is 10.2. The van der Waals surface area contributed by atoms with Crippen molar-refractivity contribution in [3.8, 4) is 11.5 Å². The summed E-state index contributed by atoms with van der Waals surface area (Å²) in [5, 5.41) is 10.7. The van der Waals surface area contributed by atoms with Crippen LogP contribution >= 0.6 is 0 Å². The van der Waals surface area contributed by atoms with Crippen molar-refractivity contribution in [2.45, 2.75) is 129 Å². The Morgan fingerprint density at radius 2 is 1.57 bits per heavy atom. The molecule has 0 saturated heterocycles. The average Bonchev–Trinajstić information content (AvgIpc) is 3.63. The molecule has 2 amide bonds. The van der Waals surface area contributed by atoms with Crippen LogP contribution in [0.1, 0.15) is 91.9 Å². The van der Waals surface area contributed by atoms with Crippen LogP contribution in [0.25, 0.3) is 0 Å². The van der Waals surface area contributed by atoms with Crippen molar-refractivity contribution in [3.63, 3.8) is 0 Å². The summed E-state index contributed by atoms with van der Waals surface area (Å²) < 4.78 is 19.9. The third-order valence-corrected chi connectivity index (χ3v) is 20.7. The molecule has 2 heterocycles. The number of amides is 2. The quantitative estimate of drug-likeness (QED) is 0.280. The van der Waals surface area contributed by atoms with Crippen LogP contribution in [0, 0.1) is 5.92 Å². The first-order valence-corrected chi connectivity index (χ1v) is 20.6. The predicted molar refractivity (Wildman–Crippen MR) is 173 cm³/mol. The SMILES string of the molecule is COc1cc2c(cc1O[Si](C(C)C)(C(C)C)C(C)C)N(C(=O)O)[C@@H](O[Si](C)(C)C(C)(C)C)C1CC(C3CC3)=CN1C2=O. The van der Waals surface area contributed by atoms with Crippen LogP contribution in [0.2, 0.25) is 34.8 Å². The Labute approximate surface area is 254 Å². The van der Waals surface area contributed by atoms with Crippen LogP contribution in [-0.2, 0) is 4.43 Å². The molecular formula is C32H52N2O6Si2. The molecule has 1 N–H and O–H groups in total. The smallest absolute Gasteiger partial charge is 0.414 e. The highest BCUT2D eigenvalue weighted by atomic mass is 28.4. The minimum atomic E-state index is -2.47. The summed E-state index contributed by atoms with van der Waals surface area (Å²) in [6.07, 6.45) is 2.78. The predicted octanol–water partition coefficient (Wildman–Crippen LogP) is 8.60. The number of carboxylic acid groups (broad SMARTS) is 1. The van der Waals surface area contributed by atoms with Gasteiger partial charge in [0.15, 0.2) is 20.3 Å². The number of anilines is 1. The van der Waals surface area contributed by atoms with Gasteiger partial charge in [-0.05, 0) is 71.6 Å². The zero-order valence-corrected chi connectivity index (χ0v) is 29.7. The number of fused-ring (bicyclic) bond motifs is 2. The molecule has 0 spiro atoms. The van der Waals surface area contributed by atoms with E-state index in [9.17, 15) is 14.7 Å². The van der Waals surface area contributed by atoms with E-state index in [1.165, 1.54) is 10.5 Å². The van der Waals surface area contributed by atoms with Gasteiger partial charge in [0.25, 0.3) is 14.2 Å². The van der Waals surface area contributed by atoms with Gasteiger partial charge in [-0.25, -0.2) is 9.69 Å². The molecule has 2 aliphatic heterocycles. The van der Waals surface area contributed by atoms with Crippen molar-refractivity contribution in [3.05, 3.63) is 29.5 Å².